The van der Waals surface area contributed by atoms with E-state index in [0.29, 0.717) is 5.92 Å². The van der Waals surface area contributed by atoms with E-state index >= 15 is 0 Å². The first-order valence-electron chi connectivity index (χ1n) is 8.23. The zero-order valence-corrected chi connectivity index (χ0v) is 13.1. The fourth-order valence-electron chi connectivity index (χ4n) is 3.87. The maximum absolute atomic E-state index is 12.9. The van der Waals surface area contributed by atoms with Gasteiger partial charge in [-0.3, -0.25) is 4.79 Å². The molecule has 1 saturated heterocycles. The van der Waals surface area contributed by atoms with Crippen LogP contribution in [0.1, 0.15) is 50.3 Å². The molecular weight excluding hydrogens is 260 g/mol. The molecule has 1 fully saturated rings. The number of carbonyl (C=O) groups excluding carboxylic acids is 1. The Bertz CT molecular complexity index is 518. The van der Waals surface area contributed by atoms with Gasteiger partial charge in [0.15, 0.2) is 0 Å². The third kappa shape index (κ3) is 2.59. The SMILES string of the molecule is CC(C)C1(C(=O)NC2CCCc3ccccc32)CCNC1. The molecule has 2 unspecified atom stereocenters. The highest BCUT2D eigenvalue weighted by molar-refractivity contribution is 5.84. The summed E-state index contributed by atoms with van der Waals surface area (Å²) in [6.45, 7) is 6.10. The van der Waals surface area contributed by atoms with Gasteiger partial charge in [-0.2, -0.15) is 0 Å². The van der Waals surface area contributed by atoms with E-state index in [1.165, 1.54) is 11.1 Å². The largest absolute Gasteiger partial charge is 0.349 e. The maximum Gasteiger partial charge on any atom is 0.228 e. The number of aryl methyl sites for hydroxylation is 1. The number of nitrogens with one attached hydrogen (secondary N) is 2. The second-order valence-corrected chi connectivity index (χ2v) is 6.85. The first kappa shape index (κ1) is 14.6. The fourth-order valence-corrected chi connectivity index (χ4v) is 3.87. The van der Waals surface area contributed by atoms with E-state index in [1.807, 2.05) is 0 Å². The lowest BCUT2D eigenvalue weighted by molar-refractivity contribution is -0.133. The van der Waals surface area contributed by atoms with Gasteiger partial charge in [0.05, 0.1) is 11.5 Å². The van der Waals surface area contributed by atoms with E-state index in [2.05, 4.69) is 48.7 Å². The molecule has 2 N–H and O–H groups in total. The monoisotopic (exact) mass is 286 g/mol. The molecule has 1 aliphatic heterocycles. The average Bonchev–Trinajstić information content (AvgIpc) is 2.98. The molecule has 114 valence electrons. The van der Waals surface area contributed by atoms with Gasteiger partial charge in [0.2, 0.25) is 5.91 Å². The van der Waals surface area contributed by atoms with Crippen molar-refractivity contribution in [3.63, 3.8) is 0 Å². The minimum Gasteiger partial charge on any atom is -0.349 e. The number of rotatable bonds is 3. The highest BCUT2D eigenvalue weighted by Crippen LogP contribution is 2.36. The van der Waals surface area contributed by atoms with Crippen molar-refractivity contribution < 1.29 is 4.79 Å². The Kier molecular flexibility index (Phi) is 4.03. The summed E-state index contributed by atoms with van der Waals surface area (Å²) in [5.74, 6) is 0.607. The highest BCUT2D eigenvalue weighted by atomic mass is 16.2. The molecule has 1 aromatic carbocycles. The Morgan fingerprint density at radius 3 is 2.90 bits per heavy atom. The predicted octanol–water partition coefficient (Wildman–Crippen LogP) is 2.82. The smallest absolute Gasteiger partial charge is 0.228 e. The van der Waals surface area contributed by atoms with Crippen molar-refractivity contribution in [2.45, 2.75) is 45.6 Å². The van der Waals surface area contributed by atoms with Gasteiger partial charge in [-0.25, -0.2) is 0 Å². The molecule has 0 bridgehead atoms. The average molecular weight is 286 g/mol. The summed E-state index contributed by atoms with van der Waals surface area (Å²) < 4.78 is 0. The molecule has 3 nitrogen and oxygen atoms in total. The van der Waals surface area contributed by atoms with Crippen LogP contribution < -0.4 is 10.6 Å². The predicted molar refractivity (Wildman–Crippen MR) is 85.0 cm³/mol. The summed E-state index contributed by atoms with van der Waals surface area (Å²) >= 11 is 0. The van der Waals surface area contributed by atoms with Crippen molar-refractivity contribution in [3.05, 3.63) is 35.4 Å². The molecule has 1 aromatic rings. The third-order valence-corrected chi connectivity index (χ3v) is 5.42. The van der Waals surface area contributed by atoms with Gasteiger partial charge in [-0.05, 0) is 49.3 Å². The van der Waals surface area contributed by atoms with Crippen LogP contribution in [0.5, 0.6) is 0 Å². The van der Waals surface area contributed by atoms with Gasteiger partial charge >= 0.3 is 0 Å². The minimum atomic E-state index is -0.230. The van der Waals surface area contributed by atoms with Crippen molar-refractivity contribution in [2.75, 3.05) is 13.1 Å². The van der Waals surface area contributed by atoms with Crippen molar-refractivity contribution >= 4 is 5.91 Å². The second-order valence-electron chi connectivity index (χ2n) is 6.85. The van der Waals surface area contributed by atoms with Crippen LogP contribution in [0.4, 0.5) is 0 Å². The van der Waals surface area contributed by atoms with Crippen molar-refractivity contribution in [3.8, 4) is 0 Å². The molecule has 1 amide bonds. The van der Waals surface area contributed by atoms with Crippen LogP contribution in [0.2, 0.25) is 0 Å². The lowest BCUT2D eigenvalue weighted by Gasteiger charge is -2.35. The quantitative estimate of drug-likeness (QED) is 0.897. The minimum absolute atomic E-state index is 0.193. The third-order valence-electron chi connectivity index (χ3n) is 5.42. The molecule has 0 radical (unpaired) electrons. The number of hydrogen-bond donors (Lipinski definition) is 2. The normalized spacial score (nSPS) is 28.4. The van der Waals surface area contributed by atoms with Crippen LogP contribution in [0.25, 0.3) is 0 Å². The van der Waals surface area contributed by atoms with Crippen molar-refractivity contribution in [2.24, 2.45) is 11.3 Å². The summed E-state index contributed by atoms with van der Waals surface area (Å²) in [6.07, 6.45) is 4.31. The summed E-state index contributed by atoms with van der Waals surface area (Å²) in [4.78, 5) is 12.9. The van der Waals surface area contributed by atoms with Gasteiger partial charge in [0.25, 0.3) is 0 Å². The zero-order chi connectivity index (χ0) is 14.9. The molecular formula is C18H26N2O. The van der Waals surface area contributed by atoms with E-state index in [1.54, 1.807) is 0 Å². The van der Waals surface area contributed by atoms with Gasteiger partial charge < -0.3 is 10.6 Å². The number of amides is 1. The topological polar surface area (TPSA) is 41.1 Å². The first-order chi connectivity index (χ1) is 10.1. The number of hydrogen-bond acceptors (Lipinski definition) is 2. The molecule has 21 heavy (non-hydrogen) atoms. The number of benzene rings is 1. The van der Waals surface area contributed by atoms with E-state index in [-0.39, 0.29) is 17.4 Å². The van der Waals surface area contributed by atoms with E-state index in [0.717, 1.165) is 38.8 Å². The Hall–Kier alpha value is -1.35. The van der Waals surface area contributed by atoms with Crippen LogP contribution in [0.3, 0.4) is 0 Å². The first-order valence-corrected chi connectivity index (χ1v) is 8.23. The van der Waals surface area contributed by atoms with E-state index in [4.69, 9.17) is 0 Å². The highest BCUT2D eigenvalue weighted by Gasteiger charge is 2.44. The van der Waals surface area contributed by atoms with E-state index < -0.39 is 0 Å². The van der Waals surface area contributed by atoms with Crippen LogP contribution in [0, 0.1) is 11.3 Å². The van der Waals surface area contributed by atoms with E-state index in [9.17, 15) is 4.79 Å². The lowest BCUT2D eigenvalue weighted by atomic mass is 9.75. The summed E-state index contributed by atoms with van der Waals surface area (Å²) in [5, 5.41) is 6.73. The second kappa shape index (κ2) is 5.80. The van der Waals surface area contributed by atoms with Crippen LogP contribution in [0.15, 0.2) is 24.3 Å². The van der Waals surface area contributed by atoms with Gasteiger partial charge in [-0.15, -0.1) is 0 Å². The molecule has 0 spiro atoms. The summed E-state index contributed by atoms with van der Waals surface area (Å²) in [7, 11) is 0. The van der Waals surface area contributed by atoms with Crippen LogP contribution >= 0.6 is 0 Å². The Balaban J connectivity index is 1.79. The molecule has 0 saturated carbocycles. The molecule has 3 heteroatoms. The number of fused-ring (bicyclic) bond motifs is 1. The Morgan fingerprint density at radius 2 is 2.19 bits per heavy atom. The fraction of sp³-hybridized carbons (Fsp3) is 0.611. The zero-order valence-electron chi connectivity index (χ0n) is 13.1. The van der Waals surface area contributed by atoms with Gasteiger partial charge in [-0.1, -0.05) is 38.1 Å². The van der Waals surface area contributed by atoms with Crippen molar-refractivity contribution in [1.29, 1.82) is 0 Å². The molecule has 1 aliphatic carbocycles. The van der Waals surface area contributed by atoms with Gasteiger partial charge in [0.1, 0.15) is 0 Å². The molecule has 1 heterocycles. The lowest BCUT2D eigenvalue weighted by Crippen LogP contribution is -2.47. The van der Waals surface area contributed by atoms with Crippen LogP contribution in [-0.4, -0.2) is 19.0 Å². The maximum atomic E-state index is 12.9. The summed E-state index contributed by atoms with van der Waals surface area (Å²) in [5.41, 5.74) is 2.49. The van der Waals surface area contributed by atoms with Crippen molar-refractivity contribution in [1.82, 2.24) is 10.6 Å². The molecule has 3 rings (SSSR count). The van der Waals surface area contributed by atoms with Gasteiger partial charge in [0, 0.05) is 6.54 Å². The standard InChI is InChI=1S/C18H26N2O/c1-13(2)18(10-11-19-12-18)17(21)20-16-9-5-7-14-6-3-4-8-15(14)16/h3-4,6,8,13,16,19H,5,7,9-12H2,1-2H3,(H,20,21). The molecule has 2 atom stereocenters. The molecule has 2 aliphatic rings. The summed E-state index contributed by atoms with van der Waals surface area (Å²) in [6, 6.07) is 8.74. The van der Waals surface area contributed by atoms with Crippen LogP contribution in [-0.2, 0) is 11.2 Å². The Morgan fingerprint density at radius 1 is 1.38 bits per heavy atom. The Labute approximate surface area is 127 Å². The number of carbonyl (C=O) groups is 1. The molecule has 0 aromatic heterocycles.